The van der Waals surface area contributed by atoms with E-state index in [2.05, 4.69) is 10.2 Å². The Morgan fingerprint density at radius 3 is 2.50 bits per heavy atom. The molecule has 0 aliphatic heterocycles. The van der Waals surface area contributed by atoms with E-state index in [4.69, 9.17) is 33.7 Å². The highest BCUT2D eigenvalue weighted by Gasteiger charge is 2.13. The monoisotopic (exact) mass is 448 g/mol. The van der Waals surface area contributed by atoms with Crippen molar-refractivity contribution < 1.29 is 13.9 Å². The van der Waals surface area contributed by atoms with Gasteiger partial charge >= 0.3 is 0 Å². The molecule has 0 aliphatic rings. The SMILES string of the molecule is CN(C)C(=O)c1ccc(-c2cc(OCCc3c(Cl)ccc(F)c3Cl)c(N)nn2)cc1. The van der Waals surface area contributed by atoms with E-state index in [1.165, 1.54) is 17.0 Å². The lowest BCUT2D eigenvalue weighted by Gasteiger charge is -2.12. The molecule has 2 N–H and O–H groups in total. The number of hydrogen-bond acceptors (Lipinski definition) is 5. The van der Waals surface area contributed by atoms with Crippen LogP contribution < -0.4 is 10.5 Å². The maximum absolute atomic E-state index is 13.6. The van der Waals surface area contributed by atoms with Gasteiger partial charge in [0.2, 0.25) is 0 Å². The van der Waals surface area contributed by atoms with E-state index in [1.807, 2.05) is 0 Å². The van der Waals surface area contributed by atoms with Crippen LogP contribution in [0.25, 0.3) is 11.3 Å². The number of ether oxygens (including phenoxy) is 1. The predicted octanol–water partition coefficient (Wildman–Crippen LogP) is 4.50. The lowest BCUT2D eigenvalue weighted by atomic mass is 10.1. The van der Waals surface area contributed by atoms with Crippen molar-refractivity contribution in [1.29, 1.82) is 0 Å². The van der Waals surface area contributed by atoms with Gasteiger partial charge in [0.15, 0.2) is 11.6 Å². The third kappa shape index (κ3) is 4.80. The average Bonchev–Trinajstić information content (AvgIpc) is 2.74. The molecule has 2 aromatic carbocycles. The Bertz CT molecular complexity index is 1080. The smallest absolute Gasteiger partial charge is 0.253 e. The number of carbonyl (C=O) groups excluding carboxylic acids is 1. The maximum Gasteiger partial charge on any atom is 0.253 e. The second-order valence-electron chi connectivity index (χ2n) is 6.68. The Kier molecular flexibility index (Phi) is 6.74. The summed E-state index contributed by atoms with van der Waals surface area (Å²) in [4.78, 5) is 13.5. The number of benzene rings is 2. The number of halogens is 3. The Balaban J connectivity index is 1.74. The van der Waals surface area contributed by atoms with Gasteiger partial charge in [0.25, 0.3) is 5.91 Å². The molecule has 0 saturated heterocycles. The van der Waals surface area contributed by atoms with E-state index in [9.17, 15) is 9.18 Å². The molecule has 0 bridgehead atoms. The normalized spacial score (nSPS) is 10.7. The summed E-state index contributed by atoms with van der Waals surface area (Å²) in [6.07, 6.45) is 0.286. The summed E-state index contributed by atoms with van der Waals surface area (Å²) in [5.41, 5.74) is 8.17. The summed E-state index contributed by atoms with van der Waals surface area (Å²) in [7, 11) is 3.38. The van der Waals surface area contributed by atoms with Gasteiger partial charge < -0.3 is 15.4 Å². The van der Waals surface area contributed by atoms with Gasteiger partial charge in [-0.25, -0.2) is 4.39 Å². The third-order valence-corrected chi connectivity index (χ3v) is 5.13. The first kappa shape index (κ1) is 21.8. The number of anilines is 1. The number of rotatable bonds is 6. The summed E-state index contributed by atoms with van der Waals surface area (Å²) in [6.45, 7) is 0.161. The first-order valence-electron chi connectivity index (χ1n) is 8.98. The highest BCUT2D eigenvalue weighted by Crippen LogP contribution is 2.29. The fourth-order valence-corrected chi connectivity index (χ4v) is 3.30. The van der Waals surface area contributed by atoms with Crippen molar-refractivity contribution in [3.63, 3.8) is 0 Å². The topological polar surface area (TPSA) is 81.3 Å². The molecule has 1 aromatic heterocycles. The Morgan fingerprint density at radius 2 is 1.83 bits per heavy atom. The van der Waals surface area contributed by atoms with E-state index in [1.54, 1.807) is 44.4 Å². The molecule has 6 nitrogen and oxygen atoms in total. The van der Waals surface area contributed by atoms with Gasteiger partial charge in [-0.1, -0.05) is 35.3 Å². The van der Waals surface area contributed by atoms with Crippen molar-refractivity contribution in [2.45, 2.75) is 6.42 Å². The van der Waals surface area contributed by atoms with Crippen LogP contribution in [0.3, 0.4) is 0 Å². The number of amides is 1. The standard InChI is InChI=1S/C21H19Cl2FN4O2/c1-28(2)21(29)13-5-3-12(4-6-13)17-11-18(20(25)27-26-17)30-10-9-14-15(22)7-8-16(24)19(14)23/h3-8,11H,9-10H2,1-2H3,(H2,25,27). The van der Waals surface area contributed by atoms with Crippen LogP contribution in [0.4, 0.5) is 10.2 Å². The van der Waals surface area contributed by atoms with Crippen LogP contribution in [0.2, 0.25) is 10.0 Å². The molecule has 156 valence electrons. The molecule has 0 spiro atoms. The minimum Gasteiger partial charge on any atom is -0.489 e. The van der Waals surface area contributed by atoms with Gasteiger partial charge in [-0.15, -0.1) is 10.2 Å². The predicted molar refractivity (Wildman–Crippen MR) is 116 cm³/mol. The zero-order valence-electron chi connectivity index (χ0n) is 16.3. The lowest BCUT2D eigenvalue weighted by molar-refractivity contribution is 0.0827. The zero-order chi connectivity index (χ0) is 21.8. The van der Waals surface area contributed by atoms with Gasteiger partial charge in [-0.2, -0.15) is 0 Å². The molecule has 30 heavy (non-hydrogen) atoms. The van der Waals surface area contributed by atoms with E-state index in [0.717, 1.165) is 5.56 Å². The Labute approximate surface area is 183 Å². The van der Waals surface area contributed by atoms with Crippen LogP contribution in [0.1, 0.15) is 15.9 Å². The average molecular weight is 449 g/mol. The minimum absolute atomic E-state index is 0.0278. The Hall–Kier alpha value is -2.90. The number of nitrogens with zero attached hydrogens (tertiary/aromatic N) is 3. The molecule has 3 rings (SSSR count). The van der Waals surface area contributed by atoms with Gasteiger partial charge in [-0.05, 0) is 29.8 Å². The van der Waals surface area contributed by atoms with Crippen LogP contribution >= 0.6 is 23.2 Å². The molecule has 0 fully saturated rings. The minimum atomic E-state index is -0.542. The third-order valence-electron chi connectivity index (χ3n) is 4.37. The first-order valence-corrected chi connectivity index (χ1v) is 9.74. The lowest BCUT2D eigenvalue weighted by Crippen LogP contribution is -2.21. The van der Waals surface area contributed by atoms with Crippen molar-refractivity contribution in [1.82, 2.24) is 15.1 Å². The fraction of sp³-hybridized carbons (Fsp3) is 0.190. The van der Waals surface area contributed by atoms with E-state index in [0.29, 0.717) is 27.6 Å². The summed E-state index contributed by atoms with van der Waals surface area (Å²) < 4.78 is 19.4. The molecule has 0 atom stereocenters. The summed E-state index contributed by atoms with van der Waals surface area (Å²) in [6, 6.07) is 11.3. The zero-order valence-corrected chi connectivity index (χ0v) is 17.8. The van der Waals surface area contributed by atoms with Gasteiger partial charge in [0.1, 0.15) is 5.82 Å². The molecular formula is C21H19Cl2FN4O2. The second-order valence-corrected chi connectivity index (χ2v) is 7.46. The van der Waals surface area contributed by atoms with Crippen LogP contribution in [0.5, 0.6) is 5.75 Å². The van der Waals surface area contributed by atoms with Crippen molar-refractivity contribution in [3.05, 3.63) is 69.5 Å². The Morgan fingerprint density at radius 1 is 1.13 bits per heavy atom. The summed E-state index contributed by atoms with van der Waals surface area (Å²) >= 11 is 12.1. The van der Waals surface area contributed by atoms with Crippen LogP contribution in [-0.4, -0.2) is 41.7 Å². The number of nitrogen functional groups attached to an aromatic ring is 1. The summed E-state index contributed by atoms with van der Waals surface area (Å²) in [5, 5.41) is 8.35. The quantitative estimate of drug-likeness (QED) is 0.561. The highest BCUT2D eigenvalue weighted by atomic mass is 35.5. The van der Waals surface area contributed by atoms with E-state index < -0.39 is 5.82 Å². The van der Waals surface area contributed by atoms with Crippen LogP contribution in [0.15, 0.2) is 42.5 Å². The largest absolute Gasteiger partial charge is 0.489 e. The van der Waals surface area contributed by atoms with Crippen molar-refractivity contribution in [3.8, 4) is 17.0 Å². The number of aromatic nitrogens is 2. The molecule has 0 aliphatic carbocycles. The van der Waals surface area contributed by atoms with Crippen molar-refractivity contribution in [2.24, 2.45) is 0 Å². The molecule has 0 radical (unpaired) electrons. The van der Waals surface area contributed by atoms with E-state index in [-0.39, 0.29) is 29.8 Å². The number of nitrogens with two attached hydrogens (primary N) is 1. The highest BCUT2D eigenvalue weighted by molar-refractivity contribution is 6.36. The summed E-state index contributed by atoms with van der Waals surface area (Å²) in [5.74, 6) is -0.185. The molecule has 0 saturated carbocycles. The molecular weight excluding hydrogens is 430 g/mol. The molecule has 3 aromatic rings. The van der Waals surface area contributed by atoms with Gasteiger partial charge in [0, 0.05) is 42.7 Å². The molecule has 1 heterocycles. The van der Waals surface area contributed by atoms with Gasteiger partial charge in [0.05, 0.1) is 17.3 Å². The van der Waals surface area contributed by atoms with Crippen molar-refractivity contribution >= 4 is 34.9 Å². The second kappa shape index (κ2) is 9.28. The number of carbonyl (C=O) groups is 1. The maximum atomic E-state index is 13.6. The first-order chi connectivity index (χ1) is 14.3. The van der Waals surface area contributed by atoms with Crippen molar-refractivity contribution in [2.75, 3.05) is 26.4 Å². The number of hydrogen-bond donors (Lipinski definition) is 1. The molecule has 1 amide bonds. The van der Waals surface area contributed by atoms with Crippen LogP contribution in [-0.2, 0) is 6.42 Å². The molecule has 0 unspecified atom stereocenters. The van der Waals surface area contributed by atoms with Crippen LogP contribution in [0, 0.1) is 5.82 Å². The molecule has 9 heteroatoms. The van der Waals surface area contributed by atoms with E-state index >= 15 is 0 Å². The fourth-order valence-electron chi connectivity index (χ4n) is 2.74. The van der Waals surface area contributed by atoms with Gasteiger partial charge in [-0.3, -0.25) is 4.79 Å².